The van der Waals surface area contributed by atoms with E-state index in [1.165, 1.54) is 0 Å². The van der Waals surface area contributed by atoms with Gasteiger partial charge in [-0.05, 0) is 44.5 Å². The van der Waals surface area contributed by atoms with Crippen molar-refractivity contribution in [2.75, 3.05) is 5.32 Å². The van der Waals surface area contributed by atoms with Crippen molar-refractivity contribution >= 4 is 11.4 Å². The Morgan fingerprint density at radius 2 is 2.05 bits per heavy atom. The first-order chi connectivity index (χ1) is 8.99. The van der Waals surface area contributed by atoms with Gasteiger partial charge in [-0.25, -0.2) is 0 Å². The maximum Gasteiger partial charge on any atom is 0.272 e. The molecule has 1 N–H and O–H groups in total. The molecule has 2 aromatic rings. The third kappa shape index (κ3) is 2.76. The van der Waals surface area contributed by atoms with E-state index in [1.54, 1.807) is 25.3 Å². The van der Waals surface area contributed by atoms with E-state index in [4.69, 9.17) is 4.42 Å². The maximum atomic E-state index is 10.9. The Bertz CT molecular complexity index is 591. The summed E-state index contributed by atoms with van der Waals surface area (Å²) in [6, 6.07) is 7.13. The molecular weight excluding hydrogens is 244 g/mol. The summed E-state index contributed by atoms with van der Waals surface area (Å²) < 4.78 is 5.33. The lowest BCUT2D eigenvalue weighted by atomic mass is 10.1. The fourth-order valence-corrected chi connectivity index (χ4v) is 2.00. The SMILES string of the molecule is Cc1cc([N+](=O)[O-])c(C)cc1NC(C)c1ccco1. The number of nitrogens with one attached hydrogen (secondary N) is 1. The summed E-state index contributed by atoms with van der Waals surface area (Å²) >= 11 is 0. The highest BCUT2D eigenvalue weighted by molar-refractivity contribution is 5.59. The summed E-state index contributed by atoms with van der Waals surface area (Å²) in [5.41, 5.74) is 2.51. The number of anilines is 1. The molecule has 1 aromatic carbocycles. The highest BCUT2D eigenvalue weighted by Crippen LogP contribution is 2.28. The molecule has 5 nitrogen and oxygen atoms in total. The van der Waals surface area contributed by atoms with Crippen LogP contribution < -0.4 is 5.32 Å². The molecule has 0 saturated carbocycles. The van der Waals surface area contributed by atoms with Crippen LogP contribution in [0.3, 0.4) is 0 Å². The van der Waals surface area contributed by atoms with Crippen LogP contribution in [0.1, 0.15) is 29.9 Å². The molecule has 0 radical (unpaired) electrons. The highest BCUT2D eigenvalue weighted by Gasteiger charge is 2.15. The lowest BCUT2D eigenvalue weighted by Gasteiger charge is -2.15. The number of nitrogens with zero attached hydrogens (tertiary/aromatic N) is 1. The number of furan rings is 1. The second kappa shape index (κ2) is 5.14. The van der Waals surface area contributed by atoms with Crippen LogP contribution in [0, 0.1) is 24.0 Å². The Labute approximate surface area is 111 Å². The minimum Gasteiger partial charge on any atom is -0.467 e. The van der Waals surface area contributed by atoms with E-state index in [1.807, 2.05) is 26.0 Å². The lowest BCUT2D eigenvalue weighted by molar-refractivity contribution is -0.385. The van der Waals surface area contributed by atoms with E-state index in [0.717, 1.165) is 17.0 Å². The summed E-state index contributed by atoms with van der Waals surface area (Å²) in [4.78, 5) is 10.5. The second-order valence-electron chi connectivity index (χ2n) is 4.59. The van der Waals surface area contributed by atoms with Crippen LogP contribution in [-0.2, 0) is 0 Å². The van der Waals surface area contributed by atoms with E-state index >= 15 is 0 Å². The molecule has 100 valence electrons. The molecule has 0 aliphatic heterocycles. The largest absolute Gasteiger partial charge is 0.467 e. The first-order valence-corrected chi connectivity index (χ1v) is 6.04. The predicted octanol–water partition coefficient (Wildman–Crippen LogP) is 3.98. The number of nitro groups is 1. The normalized spacial score (nSPS) is 12.2. The smallest absolute Gasteiger partial charge is 0.272 e. The molecular formula is C14H16N2O3. The molecule has 5 heteroatoms. The molecule has 1 atom stereocenters. The van der Waals surface area contributed by atoms with E-state index in [0.29, 0.717) is 5.56 Å². The van der Waals surface area contributed by atoms with Gasteiger partial charge in [-0.15, -0.1) is 0 Å². The minimum absolute atomic E-state index is 0.00885. The quantitative estimate of drug-likeness (QED) is 0.667. The molecule has 2 rings (SSSR count). The standard InChI is InChI=1S/C14H16N2O3/c1-9-8-13(16(17)18)10(2)7-12(9)15-11(3)14-5-4-6-19-14/h4-8,11,15H,1-3H3. The Balaban J connectivity index is 2.26. The van der Waals surface area contributed by atoms with Crippen molar-refractivity contribution < 1.29 is 9.34 Å². The molecule has 19 heavy (non-hydrogen) atoms. The van der Waals surface area contributed by atoms with Gasteiger partial charge in [-0.3, -0.25) is 10.1 Å². The molecule has 0 saturated heterocycles. The van der Waals surface area contributed by atoms with Gasteiger partial charge in [-0.2, -0.15) is 0 Å². The van der Waals surface area contributed by atoms with Crippen LogP contribution >= 0.6 is 0 Å². The Morgan fingerprint density at radius 3 is 2.63 bits per heavy atom. The number of rotatable bonds is 4. The summed E-state index contributed by atoms with van der Waals surface area (Å²) in [5, 5.41) is 14.2. The van der Waals surface area contributed by atoms with Gasteiger partial charge in [0, 0.05) is 17.3 Å². The van der Waals surface area contributed by atoms with Gasteiger partial charge in [0.15, 0.2) is 0 Å². The van der Waals surface area contributed by atoms with Gasteiger partial charge in [0.25, 0.3) is 5.69 Å². The van der Waals surface area contributed by atoms with Gasteiger partial charge < -0.3 is 9.73 Å². The topological polar surface area (TPSA) is 68.3 Å². The van der Waals surface area contributed by atoms with E-state index in [2.05, 4.69) is 5.32 Å². The van der Waals surface area contributed by atoms with Crippen LogP contribution in [0.5, 0.6) is 0 Å². The third-order valence-electron chi connectivity index (χ3n) is 3.08. The third-order valence-corrected chi connectivity index (χ3v) is 3.08. The summed E-state index contributed by atoms with van der Waals surface area (Å²) in [7, 11) is 0. The number of nitro benzene ring substituents is 1. The predicted molar refractivity (Wildman–Crippen MR) is 73.3 cm³/mol. The summed E-state index contributed by atoms with van der Waals surface area (Å²) in [6.45, 7) is 5.57. The minimum atomic E-state index is -0.359. The molecule has 0 aliphatic rings. The van der Waals surface area contributed by atoms with Crippen LogP contribution in [0.15, 0.2) is 34.9 Å². The molecule has 1 unspecified atom stereocenters. The van der Waals surface area contributed by atoms with Crippen molar-refractivity contribution in [2.45, 2.75) is 26.8 Å². The van der Waals surface area contributed by atoms with E-state index < -0.39 is 0 Å². The van der Waals surface area contributed by atoms with Crippen LogP contribution in [0.4, 0.5) is 11.4 Å². The summed E-state index contributed by atoms with van der Waals surface area (Å²) in [5.74, 6) is 0.829. The van der Waals surface area contributed by atoms with Crippen molar-refractivity contribution in [1.29, 1.82) is 0 Å². The van der Waals surface area contributed by atoms with Crippen LogP contribution in [0.2, 0.25) is 0 Å². The first kappa shape index (κ1) is 13.1. The van der Waals surface area contributed by atoms with Crippen molar-refractivity contribution in [3.63, 3.8) is 0 Å². The van der Waals surface area contributed by atoms with E-state index in [9.17, 15) is 10.1 Å². The fourth-order valence-electron chi connectivity index (χ4n) is 2.00. The zero-order chi connectivity index (χ0) is 14.0. The van der Waals surface area contributed by atoms with Crippen molar-refractivity contribution in [1.82, 2.24) is 0 Å². The number of hydrogen-bond donors (Lipinski definition) is 1. The first-order valence-electron chi connectivity index (χ1n) is 6.04. The van der Waals surface area contributed by atoms with Crippen LogP contribution in [0.25, 0.3) is 0 Å². The van der Waals surface area contributed by atoms with Gasteiger partial charge in [0.2, 0.25) is 0 Å². The molecule has 1 aromatic heterocycles. The molecule has 0 amide bonds. The molecule has 0 spiro atoms. The molecule has 1 heterocycles. The number of hydrogen-bond acceptors (Lipinski definition) is 4. The molecule has 0 aliphatic carbocycles. The average molecular weight is 260 g/mol. The van der Waals surface area contributed by atoms with E-state index in [-0.39, 0.29) is 16.7 Å². The van der Waals surface area contributed by atoms with Gasteiger partial charge in [0.05, 0.1) is 17.2 Å². The monoisotopic (exact) mass is 260 g/mol. The molecule has 0 bridgehead atoms. The Hall–Kier alpha value is -2.30. The summed E-state index contributed by atoms with van der Waals surface area (Å²) in [6.07, 6.45) is 1.63. The number of benzene rings is 1. The Morgan fingerprint density at radius 1 is 1.32 bits per heavy atom. The Kier molecular flexibility index (Phi) is 3.55. The van der Waals surface area contributed by atoms with Gasteiger partial charge in [0.1, 0.15) is 5.76 Å². The number of aryl methyl sites for hydroxylation is 2. The zero-order valence-corrected chi connectivity index (χ0v) is 11.1. The average Bonchev–Trinajstić information content (AvgIpc) is 2.86. The van der Waals surface area contributed by atoms with Crippen LogP contribution in [-0.4, -0.2) is 4.92 Å². The van der Waals surface area contributed by atoms with Crippen molar-refractivity contribution in [3.8, 4) is 0 Å². The second-order valence-corrected chi connectivity index (χ2v) is 4.59. The molecule has 0 fully saturated rings. The zero-order valence-electron chi connectivity index (χ0n) is 11.1. The fraction of sp³-hybridized carbons (Fsp3) is 0.286. The van der Waals surface area contributed by atoms with Crippen molar-refractivity contribution in [3.05, 3.63) is 57.5 Å². The van der Waals surface area contributed by atoms with Gasteiger partial charge >= 0.3 is 0 Å². The van der Waals surface area contributed by atoms with Gasteiger partial charge in [-0.1, -0.05) is 0 Å². The highest BCUT2D eigenvalue weighted by atomic mass is 16.6. The lowest BCUT2D eigenvalue weighted by Crippen LogP contribution is -2.07. The van der Waals surface area contributed by atoms with Crippen molar-refractivity contribution in [2.24, 2.45) is 0 Å². The maximum absolute atomic E-state index is 10.9.